The Morgan fingerprint density at radius 1 is 1.00 bits per heavy atom. The number of benzene rings is 2. The molecule has 1 amide bonds. The number of anilines is 1. The molecule has 0 aliphatic rings. The molecule has 2 aromatic heterocycles. The Labute approximate surface area is 193 Å². The molecule has 0 aliphatic heterocycles. The van der Waals surface area contributed by atoms with Crippen LogP contribution in [-0.4, -0.2) is 52.6 Å². The average Bonchev–Trinajstić information content (AvgIpc) is 3.21. The number of hydrogen-bond acceptors (Lipinski definition) is 6. The van der Waals surface area contributed by atoms with Gasteiger partial charge in [0.1, 0.15) is 23.6 Å². The second-order valence-corrected chi connectivity index (χ2v) is 7.96. The summed E-state index contributed by atoms with van der Waals surface area (Å²) in [5.41, 5.74) is 8.65. The van der Waals surface area contributed by atoms with Crippen LogP contribution in [0.25, 0.3) is 22.2 Å². The molecule has 0 aliphatic carbocycles. The minimum atomic E-state index is 0.00379. The zero-order valence-corrected chi connectivity index (χ0v) is 19.1. The summed E-state index contributed by atoms with van der Waals surface area (Å²) in [4.78, 5) is 23.5. The van der Waals surface area contributed by atoms with Crippen molar-refractivity contribution in [1.29, 1.82) is 0 Å². The molecule has 170 valence electrons. The van der Waals surface area contributed by atoms with E-state index in [4.69, 9.17) is 10.5 Å². The molecule has 0 radical (unpaired) electrons. The zero-order valence-electron chi connectivity index (χ0n) is 19.1. The molecule has 0 atom stereocenters. The van der Waals surface area contributed by atoms with Gasteiger partial charge in [0.15, 0.2) is 5.65 Å². The molecular weight excluding hydrogens is 416 g/mol. The van der Waals surface area contributed by atoms with E-state index >= 15 is 0 Å². The van der Waals surface area contributed by atoms with Crippen molar-refractivity contribution in [3.05, 3.63) is 67.1 Å². The van der Waals surface area contributed by atoms with Crippen LogP contribution in [0, 0.1) is 0 Å². The predicted octanol–water partition coefficient (Wildman–Crippen LogP) is 3.91. The number of carbonyl (C=O) groups is 1. The van der Waals surface area contributed by atoms with E-state index in [1.54, 1.807) is 9.69 Å². The van der Waals surface area contributed by atoms with Crippen LogP contribution in [0.5, 0.6) is 11.5 Å². The Morgan fingerprint density at radius 2 is 1.70 bits per heavy atom. The van der Waals surface area contributed by atoms with Gasteiger partial charge in [0.05, 0.1) is 11.9 Å². The maximum Gasteiger partial charge on any atom is 0.241 e. The largest absolute Gasteiger partial charge is 0.457 e. The van der Waals surface area contributed by atoms with Gasteiger partial charge >= 0.3 is 0 Å². The first-order chi connectivity index (χ1) is 16.0. The van der Waals surface area contributed by atoms with Crippen molar-refractivity contribution in [2.45, 2.75) is 13.3 Å². The summed E-state index contributed by atoms with van der Waals surface area (Å²) in [5.74, 6) is 1.87. The van der Waals surface area contributed by atoms with E-state index < -0.39 is 0 Å². The van der Waals surface area contributed by atoms with Gasteiger partial charge in [-0.25, -0.2) is 19.7 Å². The number of para-hydroxylation sites is 1. The number of fused-ring (bicyclic) bond motifs is 1. The molecule has 2 heterocycles. The Kier molecular flexibility index (Phi) is 6.55. The van der Waals surface area contributed by atoms with Crippen LogP contribution < -0.4 is 15.5 Å². The van der Waals surface area contributed by atoms with Gasteiger partial charge in [0.2, 0.25) is 5.91 Å². The normalized spacial score (nSPS) is 11.2. The highest BCUT2D eigenvalue weighted by Crippen LogP contribution is 2.34. The highest BCUT2D eigenvalue weighted by molar-refractivity contribution is 6.02. The van der Waals surface area contributed by atoms with Crippen molar-refractivity contribution in [1.82, 2.24) is 19.5 Å². The summed E-state index contributed by atoms with van der Waals surface area (Å²) in [6.07, 6.45) is 3.72. The molecular formula is C25H28N6O2. The Bertz CT molecular complexity index is 1240. The Balaban J connectivity index is 1.74. The minimum absolute atomic E-state index is 0.00379. The number of aromatic nitrogens is 3. The van der Waals surface area contributed by atoms with Crippen molar-refractivity contribution < 1.29 is 9.53 Å². The molecule has 0 saturated heterocycles. The van der Waals surface area contributed by atoms with Crippen molar-refractivity contribution in [2.24, 2.45) is 0 Å². The number of hydrogen-bond donors (Lipinski definition) is 1. The molecule has 2 N–H and O–H groups in total. The maximum atomic E-state index is 12.8. The van der Waals surface area contributed by atoms with E-state index in [1.807, 2.05) is 86.7 Å². The van der Waals surface area contributed by atoms with Gasteiger partial charge in [0, 0.05) is 24.7 Å². The SMILES string of the molecule is CCC(=O)N(CCN(C)C)n1cc(-c2ccc(Oc3ccccc3)cc2)c2c(N)ncnc21. The molecule has 4 aromatic rings. The summed E-state index contributed by atoms with van der Waals surface area (Å²) in [6.45, 7) is 3.09. The zero-order chi connectivity index (χ0) is 23.4. The molecule has 0 fully saturated rings. The third-order valence-electron chi connectivity index (χ3n) is 5.35. The van der Waals surface area contributed by atoms with E-state index in [2.05, 4.69) is 9.97 Å². The number of nitrogens with zero attached hydrogens (tertiary/aromatic N) is 5. The summed E-state index contributed by atoms with van der Waals surface area (Å²) in [7, 11) is 3.96. The molecule has 0 bridgehead atoms. The summed E-state index contributed by atoms with van der Waals surface area (Å²) < 4.78 is 7.71. The number of rotatable bonds is 8. The monoisotopic (exact) mass is 444 g/mol. The van der Waals surface area contributed by atoms with Gasteiger partial charge in [0.25, 0.3) is 0 Å². The van der Waals surface area contributed by atoms with E-state index in [0.29, 0.717) is 36.4 Å². The van der Waals surface area contributed by atoms with Crippen LogP contribution in [-0.2, 0) is 4.79 Å². The second-order valence-electron chi connectivity index (χ2n) is 7.96. The number of nitrogen functional groups attached to an aromatic ring is 1. The van der Waals surface area contributed by atoms with Gasteiger partial charge < -0.3 is 15.4 Å². The quantitative estimate of drug-likeness (QED) is 0.443. The Hall–Kier alpha value is -3.91. The predicted molar refractivity (Wildman–Crippen MR) is 131 cm³/mol. The van der Waals surface area contributed by atoms with Crippen molar-refractivity contribution in [3.8, 4) is 22.6 Å². The summed E-state index contributed by atoms with van der Waals surface area (Å²) in [5, 5.41) is 2.43. The van der Waals surface area contributed by atoms with E-state index in [-0.39, 0.29) is 5.91 Å². The fourth-order valence-electron chi connectivity index (χ4n) is 3.63. The first-order valence-corrected chi connectivity index (χ1v) is 10.9. The smallest absolute Gasteiger partial charge is 0.241 e. The van der Waals surface area contributed by atoms with Gasteiger partial charge in [-0.1, -0.05) is 37.3 Å². The van der Waals surface area contributed by atoms with Crippen LogP contribution >= 0.6 is 0 Å². The summed E-state index contributed by atoms with van der Waals surface area (Å²) >= 11 is 0. The number of nitrogens with two attached hydrogens (primary N) is 1. The number of carbonyl (C=O) groups excluding carboxylic acids is 1. The molecule has 0 unspecified atom stereocenters. The van der Waals surface area contributed by atoms with E-state index in [1.165, 1.54) is 6.33 Å². The fraction of sp³-hybridized carbons (Fsp3) is 0.240. The maximum absolute atomic E-state index is 12.8. The van der Waals surface area contributed by atoms with E-state index in [0.717, 1.165) is 22.6 Å². The van der Waals surface area contributed by atoms with Crippen LogP contribution in [0.4, 0.5) is 5.82 Å². The molecule has 0 spiro atoms. The van der Waals surface area contributed by atoms with Crippen molar-refractivity contribution in [2.75, 3.05) is 37.9 Å². The van der Waals surface area contributed by atoms with Gasteiger partial charge in [-0.15, -0.1) is 0 Å². The van der Waals surface area contributed by atoms with Crippen molar-refractivity contribution >= 4 is 22.8 Å². The van der Waals surface area contributed by atoms with E-state index in [9.17, 15) is 4.79 Å². The first-order valence-electron chi connectivity index (χ1n) is 10.9. The Morgan fingerprint density at radius 3 is 2.36 bits per heavy atom. The topological polar surface area (TPSA) is 89.5 Å². The lowest BCUT2D eigenvalue weighted by Gasteiger charge is -2.25. The number of ether oxygens (including phenoxy) is 1. The molecule has 8 nitrogen and oxygen atoms in total. The number of amides is 1. The standard InChI is InChI=1S/C25H28N6O2/c1-4-22(32)30(15-14-29(2)3)31-16-21(23-24(26)27-17-28-25(23)31)18-10-12-20(13-11-18)33-19-8-6-5-7-9-19/h5-13,16-17H,4,14-15H2,1-3H3,(H2,26,27,28). The van der Waals surface area contributed by atoms with Crippen LogP contribution in [0.2, 0.25) is 0 Å². The fourth-order valence-corrected chi connectivity index (χ4v) is 3.63. The lowest BCUT2D eigenvalue weighted by atomic mass is 10.1. The lowest BCUT2D eigenvalue weighted by Crippen LogP contribution is -2.43. The number of likely N-dealkylation sites (N-methyl/N-ethyl adjacent to an activating group) is 1. The first kappa shape index (κ1) is 22.3. The van der Waals surface area contributed by atoms with Crippen LogP contribution in [0.15, 0.2) is 67.1 Å². The van der Waals surface area contributed by atoms with Gasteiger partial charge in [-0.05, 0) is 43.9 Å². The average molecular weight is 445 g/mol. The van der Waals surface area contributed by atoms with Gasteiger partial charge in [-0.3, -0.25) is 4.79 Å². The third-order valence-corrected chi connectivity index (χ3v) is 5.35. The van der Waals surface area contributed by atoms with Crippen molar-refractivity contribution in [3.63, 3.8) is 0 Å². The van der Waals surface area contributed by atoms with Crippen LogP contribution in [0.3, 0.4) is 0 Å². The molecule has 4 rings (SSSR count). The minimum Gasteiger partial charge on any atom is -0.457 e. The molecule has 2 aromatic carbocycles. The lowest BCUT2D eigenvalue weighted by molar-refractivity contribution is -0.119. The molecule has 8 heteroatoms. The highest BCUT2D eigenvalue weighted by Gasteiger charge is 2.22. The van der Waals surface area contributed by atoms with Gasteiger partial charge in [-0.2, -0.15) is 0 Å². The second kappa shape index (κ2) is 9.70. The third kappa shape index (κ3) is 4.80. The molecule has 33 heavy (non-hydrogen) atoms. The summed E-state index contributed by atoms with van der Waals surface area (Å²) in [6, 6.07) is 17.4. The highest BCUT2D eigenvalue weighted by atomic mass is 16.5. The van der Waals surface area contributed by atoms with Crippen LogP contribution in [0.1, 0.15) is 13.3 Å². The molecule has 0 saturated carbocycles.